The highest BCUT2D eigenvalue weighted by atomic mass is 19.4. The van der Waals surface area contributed by atoms with Crippen LogP contribution in [0.4, 0.5) is 13.2 Å². The van der Waals surface area contributed by atoms with E-state index in [0.717, 1.165) is 65.6 Å². The first kappa shape index (κ1) is 26.2. The second kappa shape index (κ2) is 12.3. The summed E-state index contributed by atoms with van der Waals surface area (Å²) in [5.41, 5.74) is 3.89. The number of halogens is 3. The van der Waals surface area contributed by atoms with Crippen LogP contribution in [-0.4, -0.2) is 6.54 Å². The molecule has 1 N–H and O–H groups in total. The van der Waals surface area contributed by atoms with Crippen LogP contribution in [0, 0.1) is 0 Å². The number of nitrogens with one attached hydrogen (secondary N) is 1. The molecule has 0 amide bonds. The van der Waals surface area contributed by atoms with E-state index in [4.69, 9.17) is 0 Å². The molecule has 2 aromatic carbocycles. The van der Waals surface area contributed by atoms with Gasteiger partial charge in [0.2, 0.25) is 0 Å². The first-order chi connectivity index (χ1) is 15.6. The monoisotopic (exact) mass is 453 g/mol. The van der Waals surface area contributed by atoms with Crippen LogP contribution in [0.5, 0.6) is 0 Å². The molecule has 0 atom stereocenters. The van der Waals surface area contributed by atoms with Crippen molar-refractivity contribution in [2.45, 2.75) is 52.1 Å². The lowest BCUT2D eigenvalue weighted by Gasteiger charge is -2.11. The first-order valence-electron chi connectivity index (χ1n) is 11.3. The average Bonchev–Trinajstić information content (AvgIpc) is 2.77. The minimum atomic E-state index is -4.34. The molecule has 0 aliphatic rings. The molecule has 0 aromatic heterocycles. The van der Waals surface area contributed by atoms with Gasteiger partial charge in [-0.3, -0.25) is 0 Å². The van der Waals surface area contributed by atoms with Gasteiger partial charge in [-0.05, 0) is 77.9 Å². The highest BCUT2D eigenvalue weighted by Crippen LogP contribution is 2.31. The zero-order valence-corrected chi connectivity index (χ0v) is 19.7. The lowest BCUT2D eigenvalue weighted by Crippen LogP contribution is -2.24. The fraction of sp³-hybridized carbons (Fsp3) is 0.310. The number of allylic oxidation sites excluding steroid dienone is 3. The fourth-order valence-corrected chi connectivity index (χ4v) is 3.55. The third-order valence-corrected chi connectivity index (χ3v) is 5.55. The third-order valence-electron chi connectivity index (χ3n) is 5.55. The van der Waals surface area contributed by atoms with Gasteiger partial charge in [-0.25, -0.2) is 0 Å². The molecule has 0 bridgehead atoms. The number of hydrogen-bond donors (Lipinski definition) is 1. The van der Waals surface area contributed by atoms with E-state index < -0.39 is 11.7 Å². The van der Waals surface area contributed by atoms with E-state index in [1.165, 1.54) is 17.7 Å². The van der Waals surface area contributed by atoms with E-state index >= 15 is 0 Å². The molecule has 0 aliphatic heterocycles. The highest BCUT2D eigenvalue weighted by molar-refractivity contribution is 5.65. The van der Waals surface area contributed by atoms with E-state index in [1.807, 2.05) is 37.3 Å². The normalized spacial score (nSPS) is 12.6. The fourth-order valence-electron chi connectivity index (χ4n) is 3.55. The lowest BCUT2D eigenvalue weighted by atomic mass is 10.0. The Labute approximate surface area is 195 Å². The molecule has 0 spiro atoms. The average molecular weight is 454 g/mol. The van der Waals surface area contributed by atoms with Crippen LogP contribution in [0.1, 0.15) is 62.6 Å². The van der Waals surface area contributed by atoms with Crippen LogP contribution in [0.3, 0.4) is 0 Å². The standard InChI is InChI=1S/C29H34F3N/c1-6-10-21(2)11-9-18-33-24(5)27-17-16-23(4)25(19-27)13-7-12-22(3)26-14-8-15-28(20-26)29(30,31)32/h8,12-17,19-20,33H,2,4-7,9-11,18H2,1,3H3/b22-12+,25-13?. The van der Waals surface area contributed by atoms with Crippen molar-refractivity contribution >= 4 is 23.9 Å². The van der Waals surface area contributed by atoms with Gasteiger partial charge in [-0.15, -0.1) is 0 Å². The van der Waals surface area contributed by atoms with Gasteiger partial charge in [0.05, 0.1) is 5.56 Å². The molecule has 2 aromatic rings. The van der Waals surface area contributed by atoms with Crippen LogP contribution in [0.2, 0.25) is 0 Å². The zero-order valence-electron chi connectivity index (χ0n) is 19.7. The summed E-state index contributed by atoms with van der Waals surface area (Å²) >= 11 is 0. The Morgan fingerprint density at radius 2 is 1.79 bits per heavy atom. The van der Waals surface area contributed by atoms with E-state index in [1.54, 1.807) is 6.07 Å². The first-order valence-corrected chi connectivity index (χ1v) is 11.3. The molecular weight excluding hydrogens is 419 g/mol. The highest BCUT2D eigenvalue weighted by Gasteiger charge is 2.30. The summed E-state index contributed by atoms with van der Waals surface area (Å²) in [5.74, 6) is 0. The van der Waals surface area contributed by atoms with Crippen molar-refractivity contribution in [3.63, 3.8) is 0 Å². The SMILES string of the molecule is C=C(CCC)CCCNC(=C)c1ccc(=C)c(=CC/C=C(\C)c2cccc(C(F)(F)F)c2)c1. The summed E-state index contributed by atoms with van der Waals surface area (Å²) in [6, 6.07) is 11.4. The molecule has 4 heteroatoms. The maximum atomic E-state index is 13.0. The minimum absolute atomic E-state index is 0.570. The lowest BCUT2D eigenvalue weighted by molar-refractivity contribution is -0.137. The Kier molecular flexibility index (Phi) is 9.77. The molecule has 0 saturated heterocycles. The maximum absolute atomic E-state index is 13.0. The topological polar surface area (TPSA) is 12.0 Å². The summed E-state index contributed by atoms with van der Waals surface area (Å²) < 4.78 is 38.9. The Morgan fingerprint density at radius 3 is 2.48 bits per heavy atom. The van der Waals surface area contributed by atoms with Gasteiger partial charge in [0.15, 0.2) is 0 Å². The number of benzene rings is 2. The smallest absolute Gasteiger partial charge is 0.385 e. The summed E-state index contributed by atoms with van der Waals surface area (Å²) in [5, 5.41) is 5.26. The van der Waals surface area contributed by atoms with Gasteiger partial charge < -0.3 is 5.32 Å². The molecule has 2 rings (SSSR count). The van der Waals surface area contributed by atoms with Gasteiger partial charge >= 0.3 is 6.18 Å². The summed E-state index contributed by atoms with van der Waals surface area (Å²) in [6.07, 6.45) is 4.45. The van der Waals surface area contributed by atoms with E-state index in [9.17, 15) is 13.2 Å². The predicted molar refractivity (Wildman–Crippen MR) is 136 cm³/mol. The Balaban J connectivity index is 2.05. The molecule has 33 heavy (non-hydrogen) atoms. The van der Waals surface area contributed by atoms with Gasteiger partial charge in [-0.1, -0.05) is 75.1 Å². The van der Waals surface area contributed by atoms with E-state index in [-0.39, 0.29) is 0 Å². The Bertz CT molecular complexity index is 1110. The van der Waals surface area contributed by atoms with Gasteiger partial charge in [-0.2, -0.15) is 13.2 Å². The number of rotatable bonds is 11. The molecule has 1 nitrogen and oxygen atoms in total. The molecule has 0 fully saturated rings. The van der Waals surface area contributed by atoms with Crippen LogP contribution in [0.25, 0.3) is 23.9 Å². The third kappa shape index (κ3) is 8.45. The van der Waals surface area contributed by atoms with Crippen molar-refractivity contribution in [3.8, 4) is 0 Å². The van der Waals surface area contributed by atoms with Gasteiger partial charge in [0.1, 0.15) is 0 Å². The summed E-state index contributed by atoms with van der Waals surface area (Å²) in [4.78, 5) is 0. The number of alkyl halides is 3. The molecule has 0 saturated carbocycles. The van der Waals surface area contributed by atoms with Gasteiger partial charge in [0.25, 0.3) is 0 Å². The zero-order chi connectivity index (χ0) is 24.4. The van der Waals surface area contributed by atoms with Crippen LogP contribution < -0.4 is 15.8 Å². The van der Waals surface area contributed by atoms with Crippen molar-refractivity contribution in [1.29, 1.82) is 0 Å². The van der Waals surface area contributed by atoms with Crippen molar-refractivity contribution in [2.24, 2.45) is 0 Å². The van der Waals surface area contributed by atoms with Crippen LogP contribution in [-0.2, 0) is 6.18 Å². The van der Waals surface area contributed by atoms with Crippen LogP contribution in [0.15, 0.2) is 67.3 Å². The molecular formula is C29H34F3N. The van der Waals surface area contributed by atoms with Crippen molar-refractivity contribution < 1.29 is 13.2 Å². The Hall–Kier alpha value is -3.01. The number of hydrogen-bond acceptors (Lipinski definition) is 1. The Morgan fingerprint density at radius 1 is 1.03 bits per heavy atom. The summed E-state index contributed by atoms with van der Waals surface area (Å²) in [6.45, 7) is 17.2. The molecule has 0 heterocycles. The quantitative estimate of drug-likeness (QED) is 0.283. The van der Waals surface area contributed by atoms with Crippen molar-refractivity contribution in [3.05, 3.63) is 94.4 Å². The van der Waals surface area contributed by atoms with E-state index in [2.05, 4.69) is 32.0 Å². The summed E-state index contributed by atoms with van der Waals surface area (Å²) in [7, 11) is 0. The van der Waals surface area contributed by atoms with Crippen molar-refractivity contribution in [1.82, 2.24) is 5.32 Å². The molecule has 0 unspecified atom stereocenters. The van der Waals surface area contributed by atoms with Crippen LogP contribution >= 0.6 is 0 Å². The molecule has 176 valence electrons. The predicted octanol–water partition coefficient (Wildman–Crippen LogP) is 7.09. The minimum Gasteiger partial charge on any atom is -0.385 e. The second-order valence-electron chi connectivity index (χ2n) is 8.33. The van der Waals surface area contributed by atoms with E-state index in [0.29, 0.717) is 12.0 Å². The maximum Gasteiger partial charge on any atom is 0.416 e. The molecule has 0 radical (unpaired) electrons. The largest absolute Gasteiger partial charge is 0.416 e. The molecule has 0 aliphatic carbocycles. The van der Waals surface area contributed by atoms with Crippen molar-refractivity contribution in [2.75, 3.05) is 6.54 Å². The second-order valence-corrected chi connectivity index (χ2v) is 8.33. The van der Waals surface area contributed by atoms with Gasteiger partial charge in [0, 0.05) is 12.2 Å².